The molecule has 0 saturated carbocycles. The Bertz CT molecular complexity index is 289. The van der Waals surface area contributed by atoms with Crippen molar-refractivity contribution in [2.24, 2.45) is 5.41 Å². The molecule has 0 heteroatoms. The van der Waals surface area contributed by atoms with Crippen molar-refractivity contribution in [3.8, 4) is 0 Å². The first-order valence-electron chi connectivity index (χ1n) is 4.50. The lowest BCUT2D eigenvalue weighted by atomic mass is 9.74. The molecule has 12 heavy (non-hydrogen) atoms. The fourth-order valence-corrected chi connectivity index (χ4v) is 1.98. The second-order valence-electron chi connectivity index (χ2n) is 3.77. The predicted molar refractivity (Wildman–Crippen MR) is 52.8 cm³/mol. The molecule has 0 saturated heterocycles. The average molecular weight is 158 g/mol. The SMILES string of the molecule is CC1=CC=CC2(C=CC=CC2)C1. The maximum absolute atomic E-state index is 2.32. The van der Waals surface area contributed by atoms with Crippen molar-refractivity contribution in [3.63, 3.8) is 0 Å². The Kier molecular flexibility index (Phi) is 1.76. The van der Waals surface area contributed by atoms with Gasteiger partial charge in [-0.2, -0.15) is 0 Å². The second-order valence-corrected chi connectivity index (χ2v) is 3.77. The number of hydrogen-bond donors (Lipinski definition) is 0. The number of hydrogen-bond acceptors (Lipinski definition) is 0. The Morgan fingerprint density at radius 3 is 2.67 bits per heavy atom. The highest BCUT2D eigenvalue weighted by molar-refractivity contribution is 5.31. The summed E-state index contributed by atoms with van der Waals surface area (Å²) in [6, 6.07) is 0. The molecule has 0 aliphatic heterocycles. The molecule has 1 atom stereocenters. The lowest BCUT2D eigenvalue weighted by molar-refractivity contribution is 0.484. The van der Waals surface area contributed by atoms with Gasteiger partial charge in [-0.3, -0.25) is 0 Å². The maximum Gasteiger partial charge on any atom is 0.0139 e. The van der Waals surface area contributed by atoms with E-state index in [4.69, 9.17) is 0 Å². The zero-order valence-electron chi connectivity index (χ0n) is 7.46. The Balaban J connectivity index is 2.25. The molecule has 0 bridgehead atoms. The molecule has 2 rings (SSSR count). The van der Waals surface area contributed by atoms with E-state index in [2.05, 4.69) is 49.5 Å². The summed E-state index contributed by atoms with van der Waals surface area (Å²) in [5.74, 6) is 0. The largest absolute Gasteiger partial charge is 0.0834 e. The molecule has 2 aliphatic rings. The molecule has 0 aromatic carbocycles. The summed E-state index contributed by atoms with van der Waals surface area (Å²) in [6.45, 7) is 2.21. The number of allylic oxidation sites excluding steroid dienone is 8. The van der Waals surface area contributed by atoms with E-state index in [1.165, 1.54) is 12.0 Å². The molecule has 0 N–H and O–H groups in total. The Morgan fingerprint density at radius 2 is 2.00 bits per heavy atom. The molecule has 0 aromatic heterocycles. The van der Waals surface area contributed by atoms with Crippen LogP contribution in [0.5, 0.6) is 0 Å². The van der Waals surface area contributed by atoms with Gasteiger partial charge >= 0.3 is 0 Å². The van der Waals surface area contributed by atoms with Gasteiger partial charge in [0.25, 0.3) is 0 Å². The fourth-order valence-electron chi connectivity index (χ4n) is 1.98. The lowest BCUT2D eigenvalue weighted by Crippen LogP contribution is -2.17. The van der Waals surface area contributed by atoms with Gasteiger partial charge in [0.2, 0.25) is 0 Å². The third-order valence-electron chi connectivity index (χ3n) is 2.59. The molecule has 0 fully saturated rings. The van der Waals surface area contributed by atoms with Crippen molar-refractivity contribution < 1.29 is 0 Å². The minimum absolute atomic E-state index is 0.313. The Hall–Kier alpha value is -1.04. The summed E-state index contributed by atoms with van der Waals surface area (Å²) in [6.07, 6.45) is 17.9. The highest BCUT2D eigenvalue weighted by atomic mass is 14.3. The van der Waals surface area contributed by atoms with Gasteiger partial charge in [0, 0.05) is 5.41 Å². The molecule has 0 aromatic rings. The molecule has 2 aliphatic carbocycles. The van der Waals surface area contributed by atoms with Crippen LogP contribution in [0.4, 0.5) is 0 Å². The molecule has 1 spiro atoms. The highest BCUT2D eigenvalue weighted by Crippen LogP contribution is 2.38. The van der Waals surface area contributed by atoms with Crippen LogP contribution in [-0.4, -0.2) is 0 Å². The molecule has 0 heterocycles. The standard InChI is InChI=1S/C12H14/c1-11-6-5-9-12(10-11)7-3-2-4-8-12/h2-7,9H,8,10H2,1H3. The van der Waals surface area contributed by atoms with Crippen LogP contribution in [0.3, 0.4) is 0 Å². The summed E-state index contributed by atoms with van der Waals surface area (Å²) in [5.41, 5.74) is 1.80. The molecular weight excluding hydrogens is 144 g/mol. The molecule has 0 radical (unpaired) electrons. The van der Waals surface area contributed by atoms with Crippen LogP contribution in [0, 0.1) is 5.41 Å². The van der Waals surface area contributed by atoms with Crippen molar-refractivity contribution in [1.29, 1.82) is 0 Å². The van der Waals surface area contributed by atoms with Gasteiger partial charge in [0.15, 0.2) is 0 Å². The first kappa shape index (κ1) is 7.60. The molecule has 62 valence electrons. The van der Waals surface area contributed by atoms with Gasteiger partial charge in [0.1, 0.15) is 0 Å². The maximum atomic E-state index is 2.32. The smallest absolute Gasteiger partial charge is 0.0139 e. The lowest BCUT2D eigenvalue weighted by Gasteiger charge is -2.30. The van der Waals surface area contributed by atoms with Crippen LogP contribution in [0.15, 0.2) is 48.1 Å². The van der Waals surface area contributed by atoms with E-state index < -0.39 is 0 Å². The van der Waals surface area contributed by atoms with Crippen LogP contribution in [0.1, 0.15) is 19.8 Å². The molecular formula is C12H14. The second kappa shape index (κ2) is 2.78. The summed E-state index contributed by atoms with van der Waals surface area (Å²) in [4.78, 5) is 0. The quantitative estimate of drug-likeness (QED) is 0.507. The van der Waals surface area contributed by atoms with Crippen molar-refractivity contribution in [2.75, 3.05) is 0 Å². The van der Waals surface area contributed by atoms with Crippen molar-refractivity contribution in [2.45, 2.75) is 19.8 Å². The number of rotatable bonds is 0. The van der Waals surface area contributed by atoms with Crippen LogP contribution in [-0.2, 0) is 0 Å². The van der Waals surface area contributed by atoms with E-state index in [1.807, 2.05) is 0 Å². The topological polar surface area (TPSA) is 0 Å². The van der Waals surface area contributed by atoms with E-state index in [9.17, 15) is 0 Å². The van der Waals surface area contributed by atoms with Crippen LogP contribution >= 0.6 is 0 Å². The van der Waals surface area contributed by atoms with Gasteiger partial charge in [-0.05, 0) is 19.8 Å². The molecule has 0 nitrogen and oxygen atoms in total. The summed E-state index contributed by atoms with van der Waals surface area (Å²) < 4.78 is 0. The van der Waals surface area contributed by atoms with Crippen LogP contribution in [0.25, 0.3) is 0 Å². The third-order valence-corrected chi connectivity index (χ3v) is 2.59. The van der Waals surface area contributed by atoms with Crippen molar-refractivity contribution >= 4 is 0 Å². The van der Waals surface area contributed by atoms with E-state index in [0.29, 0.717) is 5.41 Å². The Morgan fingerprint density at radius 1 is 1.17 bits per heavy atom. The predicted octanol–water partition coefficient (Wildman–Crippen LogP) is 3.40. The van der Waals surface area contributed by atoms with E-state index in [1.54, 1.807) is 0 Å². The highest BCUT2D eigenvalue weighted by Gasteiger charge is 2.25. The van der Waals surface area contributed by atoms with E-state index in [-0.39, 0.29) is 0 Å². The van der Waals surface area contributed by atoms with Crippen molar-refractivity contribution in [1.82, 2.24) is 0 Å². The van der Waals surface area contributed by atoms with Crippen LogP contribution in [0.2, 0.25) is 0 Å². The van der Waals surface area contributed by atoms with Crippen LogP contribution < -0.4 is 0 Å². The van der Waals surface area contributed by atoms with E-state index in [0.717, 1.165) is 6.42 Å². The fraction of sp³-hybridized carbons (Fsp3) is 0.333. The zero-order chi connectivity index (χ0) is 8.44. The van der Waals surface area contributed by atoms with Gasteiger partial charge in [-0.15, -0.1) is 0 Å². The summed E-state index contributed by atoms with van der Waals surface area (Å²) in [7, 11) is 0. The zero-order valence-corrected chi connectivity index (χ0v) is 7.46. The third kappa shape index (κ3) is 1.29. The van der Waals surface area contributed by atoms with Gasteiger partial charge < -0.3 is 0 Å². The average Bonchev–Trinajstić information content (AvgIpc) is 2.05. The minimum atomic E-state index is 0.313. The van der Waals surface area contributed by atoms with Gasteiger partial charge in [-0.25, -0.2) is 0 Å². The monoisotopic (exact) mass is 158 g/mol. The van der Waals surface area contributed by atoms with Crippen molar-refractivity contribution in [3.05, 3.63) is 48.1 Å². The summed E-state index contributed by atoms with van der Waals surface area (Å²) in [5, 5.41) is 0. The summed E-state index contributed by atoms with van der Waals surface area (Å²) >= 11 is 0. The minimum Gasteiger partial charge on any atom is -0.0834 e. The van der Waals surface area contributed by atoms with Gasteiger partial charge in [-0.1, -0.05) is 48.1 Å². The Labute approximate surface area is 74.0 Å². The molecule has 0 amide bonds. The first-order valence-corrected chi connectivity index (χ1v) is 4.50. The normalized spacial score (nSPS) is 32.6. The van der Waals surface area contributed by atoms with E-state index >= 15 is 0 Å². The first-order chi connectivity index (χ1) is 5.81. The molecule has 1 unspecified atom stereocenters. The van der Waals surface area contributed by atoms with Gasteiger partial charge in [0.05, 0.1) is 0 Å².